The predicted octanol–water partition coefficient (Wildman–Crippen LogP) is -0.364. The summed E-state index contributed by atoms with van der Waals surface area (Å²) in [6, 6.07) is 5.89. The zero-order valence-corrected chi connectivity index (χ0v) is 43.1. The Morgan fingerprint density at radius 2 is 1.20 bits per heavy atom. The van der Waals surface area contributed by atoms with Gasteiger partial charge in [-0.15, -0.1) is 5.10 Å². The lowest BCUT2D eigenvalue weighted by atomic mass is 9.81. The van der Waals surface area contributed by atoms with E-state index in [2.05, 4.69) is 31.6 Å². The number of carbonyl (C=O) groups is 6. The number of aromatic nitrogens is 3. The van der Waals surface area contributed by atoms with Crippen molar-refractivity contribution >= 4 is 41.1 Å². The molecule has 0 radical (unpaired) electrons. The monoisotopic (exact) mass is 1060 g/mol. The minimum atomic E-state index is -0.816. The van der Waals surface area contributed by atoms with E-state index in [9.17, 15) is 33.9 Å². The molecule has 4 rings (SSSR count). The van der Waals surface area contributed by atoms with Crippen molar-refractivity contribution in [1.29, 1.82) is 0 Å². The molecule has 1 atom stereocenters. The Morgan fingerprint density at radius 3 is 1.75 bits per heavy atom. The third-order valence-corrected chi connectivity index (χ3v) is 11.7. The summed E-state index contributed by atoms with van der Waals surface area (Å²) in [4.78, 5) is 75.1. The van der Waals surface area contributed by atoms with Crippen LogP contribution in [0.25, 0.3) is 0 Å². The number of ether oxygens (including phenoxy) is 9. The fourth-order valence-corrected chi connectivity index (χ4v) is 7.60. The van der Waals surface area contributed by atoms with E-state index in [1.807, 2.05) is 0 Å². The number of nitrogens with one attached hydrogen (secondary N) is 4. The molecular weight excluding hydrogens is 983 g/mol. The molecule has 0 bridgehead atoms. The molecule has 7 N–H and O–H groups in total. The summed E-state index contributed by atoms with van der Waals surface area (Å²) in [7, 11) is 0. The average Bonchev–Trinajstić information content (AvgIpc) is 4.01. The van der Waals surface area contributed by atoms with Crippen LogP contribution in [0.15, 0.2) is 42.6 Å². The number of nitrogens with two attached hydrogens (primary N) is 1. The molecule has 1 fully saturated rings. The van der Waals surface area contributed by atoms with Crippen LogP contribution >= 0.6 is 0 Å². The molecule has 1 aromatic carbocycles. The second-order valence-corrected chi connectivity index (χ2v) is 17.5. The van der Waals surface area contributed by atoms with Crippen molar-refractivity contribution in [3.8, 4) is 0 Å². The number of amides is 6. The summed E-state index contributed by atoms with van der Waals surface area (Å²) < 4.78 is 51.1. The maximum Gasteiger partial charge on any atom is 0.253 e. The SMILES string of the molecule is NCCCCC(NC(=O)COCC(=O)NCCOCCOCCOCCOCCOCCOCCOCCOCCn1cc(CNC(=O)C2CCC(CN3C(=O)C=CC3=O)CC2)nn1)C(=O)Nc1ccc(CO)cc1. The lowest BCUT2D eigenvalue weighted by molar-refractivity contribution is -0.138. The van der Waals surface area contributed by atoms with Gasteiger partial charge < -0.3 is 74.7 Å². The minimum absolute atomic E-state index is 0.0200. The summed E-state index contributed by atoms with van der Waals surface area (Å²) >= 11 is 0. The maximum atomic E-state index is 12.9. The van der Waals surface area contributed by atoms with Crippen LogP contribution in [0.2, 0.25) is 0 Å². The minimum Gasteiger partial charge on any atom is -0.392 e. The molecule has 0 saturated heterocycles. The van der Waals surface area contributed by atoms with E-state index >= 15 is 0 Å². The van der Waals surface area contributed by atoms with Gasteiger partial charge in [0, 0.05) is 36.8 Å². The molecule has 1 unspecified atom stereocenters. The van der Waals surface area contributed by atoms with Crippen molar-refractivity contribution in [2.75, 3.05) is 144 Å². The number of imide groups is 1. The highest BCUT2D eigenvalue weighted by molar-refractivity contribution is 6.12. The molecule has 25 heteroatoms. The standard InChI is InChI=1S/C50H79N9O16/c51-14-2-1-3-44(50(66)54-42-10-6-40(36-60)7-11-42)55-46(62)38-75-37-45(61)52-15-17-67-19-21-69-23-25-71-27-29-73-31-32-74-30-28-72-26-24-70-22-20-68-18-16-58-35-43(56-57-58)33-53-49(65)41-8-4-39(5-9-41)34-59-47(63)12-13-48(59)64/h6-7,10-13,35,39,41,44,60H,1-5,8-9,14-34,36-38,51H2,(H,52,61)(H,53,65)(H,54,66)(H,55,62). The van der Waals surface area contributed by atoms with Crippen molar-refractivity contribution in [1.82, 2.24) is 35.8 Å². The van der Waals surface area contributed by atoms with Crippen LogP contribution in [0.1, 0.15) is 56.2 Å². The molecule has 6 amide bonds. The number of aliphatic hydroxyl groups excluding tert-OH is 1. The van der Waals surface area contributed by atoms with Gasteiger partial charge in [0.1, 0.15) is 24.9 Å². The van der Waals surface area contributed by atoms with Crippen LogP contribution < -0.4 is 27.0 Å². The summed E-state index contributed by atoms with van der Waals surface area (Å²) in [5.74, 6) is -1.77. The number of unbranched alkanes of at least 4 members (excludes halogenated alkanes) is 1. The highest BCUT2D eigenvalue weighted by atomic mass is 16.6. The van der Waals surface area contributed by atoms with Gasteiger partial charge >= 0.3 is 0 Å². The van der Waals surface area contributed by atoms with E-state index in [0.29, 0.717) is 155 Å². The van der Waals surface area contributed by atoms with Crippen LogP contribution in [-0.2, 0) is 91.1 Å². The first-order valence-corrected chi connectivity index (χ1v) is 25.8. The smallest absolute Gasteiger partial charge is 0.253 e. The summed E-state index contributed by atoms with van der Waals surface area (Å²) in [6.45, 7) is 7.57. The van der Waals surface area contributed by atoms with E-state index in [0.717, 1.165) is 25.7 Å². The maximum absolute atomic E-state index is 12.9. The Morgan fingerprint density at radius 1 is 0.667 bits per heavy atom. The van der Waals surface area contributed by atoms with Gasteiger partial charge in [-0.05, 0) is 75.1 Å². The highest BCUT2D eigenvalue weighted by Crippen LogP contribution is 2.30. The van der Waals surface area contributed by atoms with Crippen LogP contribution in [-0.4, -0.2) is 205 Å². The van der Waals surface area contributed by atoms with Gasteiger partial charge in [-0.25, -0.2) is 4.68 Å². The van der Waals surface area contributed by atoms with Crippen LogP contribution in [0.4, 0.5) is 5.69 Å². The summed E-state index contributed by atoms with van der Waals surface area (Å²) in [5, 5.41) is 28.5. The Bertz CT molecular complexity index is 1950. The molecule has 75 heavy (non-hydrogen) atoms. The van der Waals surface area contributed by atoms with Crippen LogP contribution in [0, 0.1) is 11.8 Å². The molecule has 1 saturated carbocycles. The molecule has 2 aromatic rings. The van der Waals surface area contributed by atoms with E-state index in [1.165, 1.54) is 17.1 Å². The van der Waals surface area contributed by atoms with Gasteiger partial charge in [0.25, 0.3) is 11.8 Å². The van der Waals surface area contributed by atoms with E-state index in [1.54, 1.807) is 35.1 Å². The molecule has 25 nitrogen and oxygen atoms in total. The number of aliphatic hydroxyl groups is 1. The second-order valence-electron chi connectivity index (χ2n) is 17.5. The van der Waals surface area contributed by atoms with Crippen molar-refractivity contribution in [3.05, 3.63) is 53.9 Å². The number of hydrogen-bond acceptors (Lipinski definition) is 19. The fourth-order valence-electron chi connectivity index (χ4n) is 7.60. The Hall–Kier alpha value is -5.32. The van der Waals surface area contributed by atoms with E-state index < -0.39 is 30.4 Å². The molecule has 2 aliphatic rings. The van der Waals surface area contributed by atoms with Crippen LogP contribution in [0.5, 0.6) is 0 Å². The Balaban J connectivity index is 0.821. The first-order valence-electron chi connectivity index (χ1n) is 25.8. The van der Waals surface area contributed by atoms with Gasteiger partial charge in [0.2, 0.25) is 23.6 Å². The van der Waals surface area contributed by atoms with Crippen molar-refractivity contribution < 1.29 is 76.5 Å². The van der Waals surface area contributed by atoms with Gasteiger partial charge in [-0.3, -0.25) is 33.7 Å². The van der Waals surface area contributed by atoms with Crippen LogP contribution in [0.3, 0.4) is 0 Å². The Labute approximate surface area is 438 Å². The summed E-state index contributed by atoms with van der Waals surface area (Å²) in [5.41, 5.74) is 7.48. The van der Waals surface area contributed by atoms with Crippen molar-refractivity contribution in [3.63, 3.8) is 0 Å². The van der Waals surface area contributed by atoms with Gasteiger partial charge in [0.05, 0.1) is 132 Å². The molecule has 2 heterocycles. The number of nitrogens with zero attached hydrogens (tertiary/aromatic N) is 4. The first kappa shape index (κ1) is 62.2. The molecule has 1 aromatic heterocycles. The largest absolute Gasteiger partial charge is 0.392 e. The fraction of sp³-hybridized carbons (Fsp3) is 0.680. The zero-order chi connectivity index (χ0) is 53.6. The van der Waals surface area contributed by atoms with E-state index in [-0.39, 0.29) is 62.5 Å². The lowest BCUT2D eigenvalue weighted by Gasteiger charge is -2.29. The zero-order valence-electron chi connectivity index (χ0n) is 43.1. The normalized spacial score (nSPS) is 15.8. The number of anilines is 1. The highest BCUT2D eigenvalue weighted by Gasteiger charge is 2.31. The van der Waals surface area contributed by atoms with Gasteiger partial charge in [-0.2, -0.15) is 0 Å². The van der Waals surface area contributed by atoms with Crippen molar-refractivity contribution in [2.45, 2.75) is 70.7 Å². The predicted molar refractivity (Wildman–Crippen MR) is 269 cm³/mol. The second kappa shape index (κ2) is 39.1. The van der Waals surface area contributed by atoms with Gasteiger partial charge in [-0.1, -0.05) is 17.3 Å². The number of carbonyl (C=O) groups excluding carboxylic acids is 6. The number of hydrogen-bond donors (Lipinski definition) is 6. The first-order chi connectivity index (χ1) is 36.6. The third kappa shape index (κ3) is 27.9. The number of benzene rings is 1. The third-order valence-electron chi connectivity index (χ3n) is 11.7. The van der Waals surface area contributed by atoms with Crippen molar-refractivity contribution in [2.24, 2.45) is 17.6 Å². The number of rotatable bonds is 44. The van der Waals surface area contributed by atoms with Gasteiger partial charge in [0.15, 0.2) is 0 Å². The quantitative estimate of drug-likeness (QED) is 0.0365. The molecule has 1 aliphatic carbocycles. The topological polar surface area (TPSA) is 314 Å². The Kier molecular flexibility index (Phi) is 32.5. The molecule has 0 spiro atoms. The average molecular weight is 1060 g/mol. The summed E-state index contributed by atoms with van der Waals surface area (Å²) in [6.07, 6.45) is 9.11. The molecular formula is C50H79N9O16. The van der Waals surface area contributed by atoms with E-state index in [4.69, 9.17) is 48.4 Å². The molecule has 1 aliphatic heterocycles. The lowest BCUT2D eigenvalue weighted by Crippen LogP contribution is -2.45. The molecule has 420 valence electrons.